The zero-order valence-electron chi connectivity index (χ0n) is 32.3. The van der Waals surface area contributed by atoms with Crippen molar-refractivity contribution in [2.24, 2.45) is 0 Å². The Bertz CT molecular complexity index is 3470. The van der Waals surface area contributed by atoms with Crippen LogP contribution in [-0.2, 0) is 0 Å². The number of hydrogen-bond acceptors (Lipinski definition) is 4. The third-order valence-electron chi connectivity index (χ3n) is 11.7. The summed E-state index contributed by atoms with van der Waals surface area (Å²) in [4.78, 5) is 15.6. The number of para-hydroxylation sites is 2. The van der Waals surface area contributed by atoms with Gasteiger partial charge in [0.15, 0.2) is 17.5 Å². The molecule has 0 N–H and O–H groups in total. The van der Waals surface area contributed by atoms with Crippen LogP contribution in [0.15, 0.2) is 211 Å². The minimum absolute atomic E-state index is 0.540. The maximum atomic E-state index is 6.88. The van der Waals surface area contributed by atoms with Crippen molar-refractivity contribution in [1.82, 2.24) is 19.5 Å². The number of benzene rings is 9. The highest BCUT2D eigenvalue weighted by atomic mass is 16.3. The van der Waals surface area contributed by atoms with Gasteiger partial charge >= 0.3 is 0 Å². The average Bonchev–Trinajstić information content (AvgIpc) is 3.87. The molecule has 12 aromatic rings. The van der Waals surface area contributed by atoms with Crippen molar-refractivity contribution in [3.8, 4) is 62.1 Å². The molecule has 0 saturated heterocycles. The molecule has 12 rings (SSSR count). The van der Waals surface area contributed by atoms with Crippen molar-refractivity contribution < 1.29 is 4.42 Å². The predicted octanol–water partition coefficient (Wildman–Crippen LogP) is 14.4. The van der Waals surface area contributed by atoms with Crippen LogP contribution >= 0.6 is 0 Å². The van der Waals surface area contributed by atoms with E-state index < -0.39 is 0 Å². The maximum Gasteiger partial charge on any atom is 0.167 e. The van der Waals surface area contributed by atoms with Gasteiger partial charge in [-0.2, -0.15) is 0 Å². The fraction of sp³-hybridized carbons (Fsp3) is 0. The Balaban J connectivity index is 1.08. The summed E-state index contributed by atoms with van der Waals surface area (Å²) in [5, 5.41) is 6.84. The quantitative estimate of drug-likeness (QED) is 0.169. The molecule has 0 atom stereocenters. The van der Waals surface area contributed by atoms with Gasteiger partial charge in [-0.15, -0.1) is 0 Å². The van der Waals surface area contributed by atoms with E-state index in [1.807, 2.05) is 24.3 Å². The monoisotopic (exact) mass is 766 g/mol. The molecule has 5 nitrogen and oxygen atoms in total. The van der Waals surface area contributed by atoms with Crippen LogP contribution in [0, 0.1) is 0 Å². The summed E-state index contributed by atoms with van der Waals surface area (Å²) in [6.07, 6.45) is 0. The second kappa shape index (κ2) is 13.8. The van der Waals surface area contributed by atoms with Crippen molar-refractivity contribution in [3.63, 3.8) is 0 Å². The van der Waals surface area contributed by atoms with Crippen LogP contribution in [0.1, 0.15) is 0 Å². The first-order chi connectivity index (χ1) is 29.7. The predicted molar refractivity (Wildman–Crippen MR) is 246 cm³/mol. The molecule has 0 spiro atoms. The van der Waals surface area contributed by atoms with E-state index in [1.165, 1.54) is 21.5 Å². The lowest BCUT2D eigenvalue weighted by Gasteiger charge is -2.13. The Labute approximate surface area is 345 Å². The van der Waals surface area contributed by atoms with Crippen LogP contribution in [0.3, 0.4) is 0 Å². The van der Waals surface area contributed by atoms with Gasteiger partial charge in [-0.3, -0.25) is 0 Å². The van der Waals surface area contributed by atoms with Gasteiger partial charge in [0.1, 0.15) is 11.2 Å². The summed E-state index contributed by atoms with van der Waals surface area (Å²) in [5.41, 5.74) is 12.0. The van der Waals surface area contributed by atoms with Gasteiger partial charge in [-0.05, 0) is 69.4 Å². The summed E-state index contributed by atoms with van der Waals surface area (Å²) >= 11 is 0. The Morgan fingerprint density at radius 3 is 1.50 bits per heavy atom. The van der Waals surface area contributed by atoms with E-state index in [2.05, 4.69) is 187 Å². The summed E-state index contributed by atoms with van der Waals surface area (Å²) in [7, 11) is 0. The van der Waals surface area contributed by atoms with Crippen molar-refractivity contribution in [1.29, 1.82) is 0 Å². The molecule has 280 valence electrons. The topological polar surface area (TPSA) is 56.7 Å². The molecule has 0 radical (unpaired) electrons. The lowest BCUT2D eigenvalue weighted by atomic mass is 10.0. The van der Waals surface area contributed by atoms with Crippen LogP contribution in [-0.4, -0.2) is 19.5 Å². The van der Waals surface area contributed by atoms with Crippen molar-refractivity contribution in [2.45, 2.75) is 0 Å². The van der Waals surface area contributed by atoms with Crippen molar-refractivity contribution >= 4 is 54.5 Å². The number of hydrogen-bond donors (Lipinski definition) is 0. The minimum atomic E-state index is 0.540. The van der Waals surface area contributed by atoms with Crippen LogP contribution in [0.25, 0.3) is 117 Å². The minimum Gasteiger partial charge on any atom is -0.455 e. The first-order valence-electron chi connectivity index (χ1n) is 20.2. The summed E-state index contributed by atoms with van der Waals surface area (Å²) in [6, 6.07) is 72.1. The molecule has 0 aliphatic carbocycles. The summed E-state index contributed by atoms with van der Waals surface area (Å²) in [6.45, 7) is 0. The second-order valence-electron chi connectivity index (χ2n) is 15.2. The number of furan rings is 1. The molecule has 60 heavy (non-hydrogen) atoms. The third kappa shape index (κ3) is 5.59. The van der Waals surface area contributed by atoms with E-state index in [0.717, 1.165) is 77.6 Å². The van der Waals surface area contributed by atoms with E-state index in [1.54, 1.807) is 0 Å². The lowest BCUT2D eigenvalue weighted by molar-refractivity contribution is 0.669. The first kappa shape index (κ1) is 33.9. The van der Waals surface area contributed by atoms with E-state index in [4.69, 9.17) is 19.4 Å². The van der Waals surface area contributed by atoms with Crippen LogP contribution < -0.4 is 0 Å². The van der Waals surface area contributed by atoms with Gasteiger partial charge in [-0.25, -0.2) is 15.0 Å². The van der Waals surface area contributed by atoms with Crippen LogP contribution in [0.2, 0.25) is 0 Å². The fourth-order valence-electron chi connectivity index (χ4n) is 8.73. The molecule has 0 aliphatic rings. The lowest BCUT2D eigenvalue weighted by Crippen LogP contribution is -2.01. The third-order valence-corrected chi connectivity index (χ3v) is 11.7. The Morgan fingerprint density at radius 2 is 0.850 bits per heavy atom. The number of nitrogens with zero attached hydrogens (tertiary/aromatic N) is 4. The van der Waals surface area contributed by atoms with E-state index in [9.17, 15) is 0 Å². The van der Waals surface area contributed by atoms with Crippen LogP contribution in [0.4, 0.5) is 0 Å². The molecule has 3 heterocycles. The Kier molecular flexibility index (Phi) is 7.78. The Morgan fingerprint density at radius 1 is 0.350 bits per heavy atom. The smallest absolute Gasteiger partial charge is 0.167 e. The first-order valence-corrected chi connectivity index (χ1v) is 20.2. The average molecular weight is 767 g/mol. The van der Waals surface area contributed by atoms with Crippen LogP contribution in [0.5, 0.6) is 0 Å². The normalized spacial score (nSPS) is 11.7. The molecule has 0 bridgehead atoms. The summed E-state index contributed by atoms with van der Waals surface area (Å²) < 4.78 is 9.26. The molecule has 5 heteroatoms. The highest BCUT2D eigenvalue weighted by molar-refractivity contribution is 6.18. The maximum absolute atomic E-state index is 6.88. The van der Waals surface area contributed by atoms with Gasteiger partial charge in [0, 0.05) is 27.3 Å². The highest BCUT2D eigenvalue weighted by Crippen LogP contribution is 2.43. The zero-order chi connectivity index (χ0) is 39.6. The molecular weight excluding hydrogens is 733 g/mol. The largest absolute Gasteiger partial charge is 0.455 e. The molecule has 0 saturated carbocycles. The molecule has 0 fully saturated rings. The fourth-order valence-corrected chi connectivity index (χ4v) is 8.73. The Hall–Kier alpha value is -8.15. The molecule has 3 aromatic heterocycles. The molecule has 9 aromatic carbocycles. The molecule has 0 unspecified atom stereocenters. The molecular formula is C55H34N4O. The standard InChI is InChI=1S/C55H34N4O/c1-3-13-35(14-4-1)37-23-27-39(28-24-37)53-56-54(40-29-25-38(26-30-40)36-15-5-2-6-16-36)58-55(57-53)45-31-32-48(51-44-20-10-12-22-50(44)60-52(45)51)59-47-21-11-9-19-43(47)46-33-41-17-7-8-18-42(41)34-49(46)59/h1-34H. The van der Waals surface area contributed by atoms with Gasteiger partial charge < -0.3 is 8.98 Å². The van der Waals surface area contributed by atoms with E-state index in [-0.39, 0.29) is 0 Å². The van der Waals surface area contributed by atoms with Gasteiger partial charge in [-0.1, -0.05) is 170 Å². The van der Waals surface area contributed by atoms with Gasteiger partial charge in [0.05, 0.1) is 27.7 Å². The van der Waals surface area contributed by atoms with Crippen molar-refractivity contribution in [2.75, 3.05) is 0 Å². The van der Waals surface area contributed by atoms with Gasteiger partial charge in [0.2, 0.25) is 0 Å². The second-order valence-corrected chi connectivity index (χ2v) is 15.2. The number of fused-ring (bicyclic) bond motifs is 7. The van der Waals surface area contributed by atoms with E-state index >= 15 is 0 Å². The molecule has 0 aliphatic heterocycles. The van der Waals surface area contributed by atoms with Gasteiger partial charge in [0.25, 0.3) is 0 Å². The SMILES string of the molecule is c1ccc(-c2ccc(-c3nc(-c4ccc(-c5ccccc5)cc4)nc(-c4ccc(-n5c6ccccc6c6cc7ccccc7cc65)c5c4oc4ccccc45)n3)cc2)cc1. The highest BCUT2D eigenvalue weighted by Gasteiger charge is 2.23. The van der Waals surface area contributed by atoms with E-state index in [0.29, 0.717) is 17.5 Å². The number of aromatic nitrogens is 4. The zero-order valence-corrected chi connectivity index (χ0v) is 32.3. The van der Waals surface area contributed by atoms with Crippen molar-refractivity contribution in [3.05, 3.63) is 206 Å². The summed E-state index contributed by atoms with van der Waals surface area (Å²) in [5.74, 6) is 1.71. The number of rotatable bonds is 6. The molecule has 0 amide bonds.